The van der Waals surface area contributed by atoms with Crippen LogP contribution in [-0.4, -0.2) is 10.9 Å². The third-order valence-corrected chi connectivity index (χ3v) is 3.70. The van der Waals surface area contributed by atoms with E-state index in [9.17, 15) is 18.0 Å². The molecule has 22 heavy (non-hydrogen) atoms. The minimum atomic E-state index is -4.43. The number of carbonyl (C=O) groups excluding carboxylic acids is 1. The molecule has 2 aromatic rings. The van der Waals surface area contributed by atoms with Crippen molar-refractivity contribution >= 4 is 22.4 Å². The van der Waals surface area contributed by atoms with E-state index in [1.165, 1.54) is 29.5 Å². The van der Waals surface area contributed by atoms with Gasteiger partial charge >= 0.3 is 6.18 Å². The average molecular weight is 329 g/mol. The molecule has 0 fully saturated rings. The zero-order chi connectivity index (χ0) is 16.2. The Morgan fingerprint density at radius 1 is 1.32 bits per heavy atom. The highest BCUT2D eigenvalue weighted by molar-refractivity contribution is 7.13. The number of nitrogens with one attached hydrogen (secondary N) is 1. The van der Waals surface area contributed by atoms with Gasteiger partial charge in [0.05, 0.1) is 11.3 Å². The summed E-state index contributed by atoms with van der Waals surface area (Å²) in [6.45, 7) is -0.159. The smallest absolute Gasteiger partial charge is 0.375 e. The van der Waals surface area contributed by atoms with Gasteiger partial charge in [-0.05, 0) is 18.1 Å². The van der Waals surface area contributed by atoms with E-state index in [4.69, 9.17) is 5.73 Å². The molecule has 1 aromatic carbocycles. The predicted molar refractivity (Wildman–Crippen MR) is 78.1 cm³/mol. The van der Waals surface area contributed by atoms with Crippen molar-refractivity contribution in [3.63, 3.8) is 0 Å². The number of amides is 1. The number of nitrogen functional groups attached to an aromatic ring is 1. The van der Waals surface area contributed by atoms with Crippen LogP contribution in [0.3, 0.4) is 0 Å². The van der Waals surface area contributed by atoms with Crippen molar-refractivity contribution in [1.29, 1.82) is 0 Å². The summed E-state index contributed by atoms with van der Waals surface area (Å²) in [5.41, 5.74) is 5.49. The van der Waals surface area contributed by atoms with Gasteiger partial charge in [-0.15, -0.1) is 11.3 Å². The highest BCUT2D eigenvalue weighted by Crippen LogP contribution is 2.31. The Labute approximate surface area is 129 Å². The Hall–Kier alpha value is -2.09. The quantitative estimate of drug-likeness (QED) is 0.886. The van der Waals surface area contributed by atoms with Crippen molar-refractivity contribution < 1.29 is 18.0 Å². The predicted octanol–water partition coefficient (Wildman–Crippen LogP) is 2.99. The van der Waals surface area contributed by atoms with E-state index in [0.29, 0.717) is 17.2 Å². The molecule has 3 N–H and O–H groups in total. The van der Waals surface area contributed by atoms with E-state index in [2.05, 4.69) is 10.3 Å². The summed E-state index contributed by atoms with van der Waals surface area (Å²) in [4.78, 5) is 15.7. The molecule has 2 rings (SSSR count). The van der Waals surface area contributed by atoms with Gasteiger partial charge in [0.15, 0.2) is 5.13 Å². The van der Waals surface area contributed by atoms with Gasteiger partial charge in [0.1, 0.15) is 0 Å². The van der Waals surface area contributed by atoms with Crippen molar-refractivity contribution in [2.24, 2.45) is 0 Å². The van der Waals surface area contributed by atoms with E-state index in [0.717, 1.165) is 6.07 Å². The maximum absolute atomic E-state index is 12.8. The van der Waals surface area contributed by atoms with Crippen LogP contribution in [0.5, 0.6) is 0 Å². The van der Waals surface area contributed by atoms with Gasteiger partial charge in [0, 0.05) is 18.3 Å². The first-order valence-corrected chi connectivity index (χ1v) is 7.36. The molecule has 4 nitrogen and oxygen atoms in total. The van der Waals surface area contributed by atoms with E-state index in [1.54, 1.807) is 5.38 Å². The van der Waals surface area contributed by atoms with Crippen molar-refractivity contribution in [3.05, 3.63) is 46.5 Å². The highest BCUT2D eigenvalue weighted by Gasteiger charge is 2.32. The molecule has 0 aliphatic carbocycles. The molecule has 0 radical (unpaired) electrons. The molecule has 1 heterocycles. The number of nitrogens with two attached hydrogens (primary N) is 1. The molecule has 0 aliphatic rings. The largest absolute Gasteiger partial charge is 0.416 e. The van der Waals surface area contributed by atoms with Crippen molar-refractivity contribution in [3.8, 4) is 0 Å². The van der Waals surface area contributed by atoms with Crippen LogP contribution in [0.2, 0.25) is 0 Å². The molecule has 1 amide bonds. The zero-order valence-corrected chi connectivity index (χ0v) is 12.3. The summed E-state index contributed by atoms with van der Waals surface area (Å²) in [6, 6.07) is 5.18. The monoisotopic (exact) mass is 329 g/mol. The number of halogens is 3. The van der Waals surface area contributed by atoms with Gasteiger partial charge in [-0.2, -0.15) is 13.2 Å². The maximum atomic E-state index is 12.8. The molecule has 0 spiro atoms. The number of carbonyl (C=O) groups is 1. The highest BCUT2D eigenvalue weighted by atomic mass is 32.1. The van der Waals surface area contributed by atoms with E-state index >= 15 is 0 Å². The topological polar surface area (TPSA) is 68.0 Å². The van der Waals surface area contributed by atoms with Crippen LogP contribution >= 0.6 is 11.3 Å². The maximum Gasteiger partial charge on any atom is 0.416 e. The Kier molecular flexibility index (Phi) is 5.02. The average Bonchev–Trinajstić information content (AvgIpc) is 2.88. The van der Waals surface area contributed by atoms with Gasteiger partial charge in [-0.1, -0.05) is 18.2 Å². The number of benzene rings is 1. The molecular formula is C14H14F3N3OS. The fourth-order valence-corrected chi connectivity index (χ4v) is 2.51. The number of thiazole rings is 1. The van der Waals surface area contributed by atoms with Crippen LogP contribution in [0.25, 0.3) is 0 Å². The van der Waals surface area contributed by atoms with Crippen LogP contribution in [0.4, 0.5) is 18.3 Å². The Morgan fingerprint density at radius 2 is 2.05 bits per heavy atom. The van der Waals surface area contributed by atoms with Crippen molar-refractivity contribution in [2.45, 2.75) is 25.6 Å². The molecule has 0 unspecified atom stereocenters. The number of aromatic nitrogens is 1. The number of alkyl halides is 3. The van der Waals surface area contributed by atoms with Crippen LogP contribution in [0, 0.1) is 0 Å². The Bertz CT molecular complexity index is 655. The SMILES string of the molecule is Nc1nc(CCC(=O)NCc2ccccc2C(F)(F)F)cs1. The van der Waals surface area contributed by atoms with Gasteiger partial charge in [-0.25, -0.2) is 4.98 Å². The number of hydrogen-bond donors (Lipinski definition) is 2. The van der Waals surface area contributed by atoms with Gasteiger partial charge < -0.3 is 11.1 Å². The molecule has 118 valence electrons. The first-order chi connectivity index (χ1) is 10.4. The minimum absolute atomic E-state index is 0.0428. The lowest BCUT2D eigenvalue weighted by atomic mass is 10.1. The summed E-state index contributed by atoms with van der Waals surface area (Å²) in [5.74, 6) is -0.330. The first kappa shape index (κ1) is 16.3. The van der Waals surface area contributed by atoms with E-state index in [1.807, 2.05) is 0 Å². The molecular weight excluding hydrogens is 315 g/mol. The van der Waals surface area contributed by atoms with Crippen LogP contribution in [0.1, 0.15) is 23.2 Å². The zero-order valence-electron chi connectivity index (χ0n) is 11.5. The molecule has 0 bridgehead atoms. The lowest BCUT2D eigenvalue weighted by Gasteiger charge is -2.13. The number of hydrogen-bond acceptors (Lipinski definition) is 4. The van der Waals surface area contributed by atoms with Gasteiger partial charge in [-0.3, -0.25) is 4.79 Å². The lowest BCUT2D eigenvalue weighted by molar-refractivity contribution is -0.138. The molecule has 8 heteroatoms. The fraction of sp³-hybridized carbons (Fsp3) is 0.286. The summed E-state index contributed by atoms with van der Waals surface area (Å²) in [5, 5.41) is 4.67. The second-order valence-electron chi connectivity index (χ2n) is 4.61. The van der Waals surface area contributed by atoms with Crippen LogP contribution in [-0.2, 0) is 23.9 Å². The summed E-state index contributed by atoms with van der Waals surface area (Å²) in [6.07, 6.45) is -3.88. The van der Waals surface area contributed by atoms with Crippen LogP contribution in [0.15, 0.2) is 29.6 Å². The van der Waals surface area contributed by atoms with Gasteiger partial charge in [0.25, 0.3) is 0 Å². The normalized spacial score (nSPS) is 11.4. The number of anilines is 1. The van der Waals surface area contributed by atoms with E-state index in [-0.39, 0.29) is 24.4 Å². The van der Waals surface area contributed by atoms with Crippen molar-refractivity contribution in [2.75, 3.05) is 5.73 Å². The second-order valence-corrected chi connectivity index (χ2v) is 5.50. The Balaban J connectivity index is 1.89. The van der Waals surface area contributed by atoms with Crippen LogP contribution < -0.4 is 11.1 Å². The number of nitrogens with zero attached hydrogens (tertiary/aromatic N) is 1. The lowest BCUT2D eigenvalue weighted by Crippen LogP contribution is -2.24. The summed E-state index contributed by atoms with van der Waals surface area (Å²) in [7, 11) is 0. The molecule has 0 atom stereocenters. The van der Waals surface area contributed by atoms with E-state index < -0.39 is 11.7 Å². The molecule has 1 aromatic heterocycles. The third kappa shape index (κ3) is 4.45. The summed E-state index contributed by atoms with van der Waals surface area (Å²) >= 11 is 1.28. The standard InChI is InChI=1S/C14H14F3N3OS/c15-14(16,17)11-4-2-1-3-9(11)7-19-12(21)6-5-10-8-22-13(18)20-10/h1-4,8H,5-7H2,(H2,18,20)(H,19,21). The number of rotatable bonds is 5. The minimum Gasteiger partial charge on any atom is -0.375 e. The first-order valence-electron chi connectivity index (χ1n) is 6.48. The second kappa shape index (κ2) is 6.78. The number of aryl methyl sites for hydroxylation is 1. The third-order valence-electron chi connectivity index (χ3n) is 2.98. The van der Waals surface area contributed by atoms with Gasteiger partial charge in [0.2, 0.25) is 5.91 Å². The molecule has 0 aliphatic heterocycles. The molecule has 0 saturated carbocycles. The molecule has 0 saturated heterocycles. The van der Waals surface area contributed by atoms with Crippen molar-refractivity contribution in [1.82, 2.24) is 10.3 Å². The summed E-state index contributed by atoms with van der Waals surface area (Å²) < 4.78 is 38.4. The fourth-order valence-electron chi connectivity index (χ4n) is 1.91. The Morgan fingerprint density at radius 3 is 2.68 bits per heavy atom.